The third kappa shape index (κ3) is 5.07. The number of aliphatic imine (C=N–C) groups is 1. The van der Waals surface area contributed by atoms with Crippen molar-refractivity contribution in [1.82, 2.24) is 14.9 Å². The summed E-state index contributed by atoms with van der Waals surface area (Å²) in [5, 5.41) is 7.28. The normalized spacial score (nSPS) is 22.7. The van der Waals surface area contributed by atoms with Crippen LogP contribution in [0.25, 0.3) is 0 Å². The Kier molecular flexibility index (Phi) is 6.52. The molecule has 0 spiro atoms. The monoisotopic (exact) mass is 477 g/mol. The fourth-order valence-electron chi connectivity index (χ4n) is 5.25. The van der Waals surface area contributed by atoms with E-state index in [-0.39, 0.29) is 11.8 Å². The second-order valence-electron chi connectivity index (χ2n) is 10.4. The van der Waals surface area contributed by atoms with Crippen molar-refractivity contribution in [1.29, 1.82) is 0 Å². The number of nitrogens with zero attached hydrogens (tertiary/aromatic N) is 3. The van der Waals surface area contributed by atoms with Gasteiger partial charge in [-0.25, -0.2) is 9.98 Å². The Morgan fingerprint density at radius 2 is 2.06 bits per heavy atom. The highest BCUT2D eigenvalue weighted by Gasteiger charge is 2.32. The predicted molar refractivity (Wildman–Crippen MR) is 141 cm³/mol. The molecule has 2 aliphatic carbocycles. The second-order valence-corrected chi connectivity index (χ2v) is 13.9. The minimum absolute atomic E-state index is 0.0688. The molecule has 2 aromatic rings. The van der Waals surface area contributed by atoms with Crippen molar-refractivity contribution in [2.75, 3.05) is 18.6 Å². The van der Waals surface area contributed by atoms with Crippen LogP contribution in [0, 0.1) is 12.8 Å². The standard InChI is InChI=1S/C27H36N5OP/c1-19-7-6-8-20(17-19)15-16-32-18-28-24-26(29-22-11-13-23(14-12-22)34(2,3)33)30-25(31-27(24)32)21-9-4-5-10-21/h6-8,11-13,17-18,21,23,25,31H,4-5,9-10,14-16H2,1-3H3,(H,29,30). The molecule has 1 fully saturated rings. The molecule has 0 bridgehead atoms. The number of aryl methyl sites for hydroxylation is 3. The number of amidine groups is 1. The van der Waals surface area contributed by atoms with Crippen LogP contribution < -0.4 is 10.6 Å². The topological polar surface area (TPSA) is 71.3 Å². The first-order chi connectivity index (χ1) is 16.4. The maximum atomic E-state index is 12.5. The van der Waals surface area contributed by atoms with Crippen LogP contribution >= 0.6 is 7.14 Å². The molecule has 0 radical (unpaired) electrons. The molecule has 180 valence electrons. The van der Waals surface area contributed by atoms with Crippen molar-refractivity contribution in [2.45, 2.75) is 63.8 Å². The first kappa shape index (κ1) is 23.2. The van der Waals surface area contributed by atoms with Gasteiger partial charge in [0.25, 0.3) is 0 Å². The molecule has 34 heavy (non-hydrogen) atoms. The molecule has 1 saturated carbocycles. The van der Waals surface area contributed by atoms with Crippen molar-refractivity contribution < 1.29 is 4.57 Å². The molecular weight excluding hydrogens is 441 g/mol. The lowest BCUT2D eigenvalue weighted by Gasteiger charge is -2.29. The molecule has 7 heteroatoms. The number of imidazole rings is 1. The number of nitrogens with one attached hydrogen (secondary N) is 2. The largest absolute Gasteiger partial charge is 0.348 e. The highest BCUT2D eigenvalue weighted by atomic mass is 31.2. The summed E-state index contributed by atoms with van der Waals surface area (Å²) in [6, 6.07) is 8.72. The maximum absolute atomic E-state index is 12.5. The van der Waals surface area contributed by atoms with Crippen LogP contribution in [0.15, 0.2) is 59.5 Å². The van der Waals surface area contributed by atoms with Crippen LogP contribution in [0.3, 0.4) is 0 Å². The molecule has 3 aliphatic rings. The Bertz CT molecular complexity index is 1180. The lowest BCUT2D eigenvalue weighted by molar-refractivity contribution is 0.462. The third-order valence-electron chi connectivity index (χ3n) is 7.32. The van der Waals surface area contributed by atoms with Gasteiger partial charge in [-0.05, 0) is 63.5 Å². The zero-order valence-electron chi connectivity index (χ0n) is 20.5. The van der Waals surface area contributed by atoms with Gasteiger partial charge in [-0.15, -0.1) is 0 Å². The fraction of sp³-hybridized carbons (Fsp3) is 0.481. The van der Waals surface area contributed by atoms with E-state index in [2.05, 4.69) is 64.6 Å². The lowest BCUT2D eigenvalue weighted by atomic mass is 10.0. The second kappa shape index (κ2) is 9.58. The molecule has 1 aromatic carbocycles. The van der Waals surface area contributed by atoms with Crippen LogP contribution in [0.4, 0.5) is 5.82 Å². The number of rotatable bonds is 6. The van der Waals surface area contributed by atoms with Gasteiger partial charge in [0.05, 0.1) is 13.5 Å². The van der Waals surface area contributed by atoms with E-state index in [0.717, 1.165) is 42.4 Å². The molecule has 2 N–H and O–H groups in total. The van der Waals surface area contributed by atoms with Crippen LogP contribution in [-0.4, -0.2) is 40.5 Å². The minimum atomic E-state index is -2.14. The van der Waals surface area contributed by atoms with Crippen LogP contribution in [0.5, 0.6) is 0 Å². The molecule has 1 aromatic heterocycles. The number of hydrogen-bond donors (Lipinski definition) is 2. The van der Waals surface area contributed by atoms with Crippen molar-refractivity contribution in [3.63, 3.8) is 0 Å². The molecule has 1 aliphatic heterocycles. The average Bonchev–Trinajstić information content (AvgIpc) is 3.48. The van der Waals surface area contributed by atoms with Crippen molar-refractivity contribution >= 4 is 18.8 Å². The van der Waals surface area contributed by atoms with E-state index in [1.807, 2.05) is 19.7 Å². The minimum Gasteiger partial charge on any atom is -0.348 e. The Hall–Kier alpha value is -2.59. The zero-order valence-corrected chi connectivity index (χ0v) is 21.4. The zero-order chi connectivity index (χ0) is 23.7. The number of fused-ring (bicyclic) bond motifs is 1. The van der Waals surface area contributed by atoms with Gasteiger partial charge in [-0.2, -0.15) is 0 Å². The van der Waals surface area contributed by atoms with Gasteiger partial charge in [0.2, 0.25) is 0 Å². The quantitative estimate of drug-likeness (QED) is 0.536. The molecule has 6 nitrogen and oxygen atoms in total. The molecule has 0 saturated heterocycles. The number of hydrogen-bond acceptors (Lipinski definition) is 5. The van der Waals surface area contributed by atoms with Gasteiger partial charge < -0.3 is 19.8 Å². The number of allylic oxidation sites excluding steroid dienone is 3. The first-order valence-electron chi connectivity index (χ1n) is 12.5. The van der Waals surface area contributed by atoms with Crippen LogP contribution in [-0.2, 0) is 17.5 Å². The van der Waals surface area contributed by atoms with Crippen molar-refractivity contribution in [3.05, 3.63) is 71.3 Å². The highest BCUT2D eigenvalue weighted by molar-refractivity contribution is 7.63. The Balaban J connectivity index is 1.37. The van der Waals surface area contributed by atoms with E-state index < -0.39 is 7.14 Å². The SMILES string of the molecule is Cc1cccc(CCn2cnc3c2NC(C2CCCC2)N=C3NC2=CCC(P(C)(C)=O)C=C2)c1. The van der Waals surface area contributed by atoms with E-state index >= 15 is 0 Å². The molecular formula is C27H36N5OP. The van der Waals surface area contributed by atoms with Gasteiger partial charge in [0, 0.05) is 17.9 Å². The number of anilines is 1. The Labute approximate surface area is 203 Å². The summed E-state index contributed by atoms with van der Waals surface area (Å²) in [6.07, 6.45) is 15.0. The number of aromatic nitrogens is 2. The summed E-state index contributed by atoms with van der Waals surface area (Å²) >= 11 is 0. The fourth-order valence-corrected chi connectivity index (χ4v) is 6.37. The first-order valence-corrected chi connectivity index (χ1v) is 15.2. The van der Waals surface area contributed by atoms with Crippen LogP contribution in [0.1, 0.15) is 48.9 Å². The Morgan fingerprint density at radius 3 is 2.76 bits per heavy atom. The van der Waals surface area contributed by atoms with Crippen molar-refractivity contribution in [3.8, 4) is 0 Å². The summed E-state index contributed by atoms with van der Waals surface area (Å²) < 4.78 is 14.7. The van der Waals surface area contributed by atoms with E-state index in [1.165, 1.54) is 36.8 Å². The van der Waals surface area contributed by atoms with E-state index in [1.54, 1.807) is 0 Å². The predicted octanol–water partition coefficient (Wildman–Crippen LogP) is 5.55. The van der Waals surface area contributed by atoms with E-state index in [4.69, 9.17) is 9.98 Å². The van der Waals surface area contributed by atoms with Crippen LogP contribution in [0.2, 0.25) is 0 Å². The van der Waals surface area contributed by atoms with Gasteiger partial charge in [-0.1, -0.05) is 54.8 Å². The summed E-state index contributed by atoms with van der Waals surface area (Å²) in [5.41, 5.74) is 4.65. The highest BCUT2D eigenvalue weighted by Crippen LogP contribution is 2.46. The average molecular weight is 478 g/mol. The summed E-state index contributed by atoms with van der Waals surface area (Å²) in [5.74, 6) is 2.45. The molecule has 2 heterocycles. The smallest absolute Gasteiger partial charge is 0.157 e. The molecule has 5 rings (SSSR count). The molecule has 2 unspecified atom stereocenters. The number of benzene rings is 1. The van der Waals surface area contributed by atoms with E-state index in [9.17, 15) is 4.57 Å². The van der Waals surface area contributed by atoms with Gasteiger partial charge in [0.1, 0.15) is 17.7 Å². The summed E-state index contributed by atoms with van der Waals surface area (Å²) in [4.78, 5) is 9.86. The summed E-state index contributed by atoms with van der Waals surface area (Å²) in [6.45, 7) is 6.75. The van der Waals surface area contributed by atoms with E-state index in [0.29, 0.717) is 5.92 Å². The molecule has 2 atom stereocenters. The van der Waals surface area contributed by atoms with Gasteiger partial charge in [-0.3, -0.25) is 0 Å². The Morgan fingerprint density at radius 1 is 1.24 bits per heavy atom. The lowest BCUT2D eigenvalue weighted by Crippen LogP contribution is -2.37. The van der Waals surface area contributed by atoms with Gasteiger partial charge >= 0.3 is 0 Å². The van der Waals surface area contributed by atoms with Gasteiger partial charge in [0.15, 0.2) is 5.84 Å². The molecule has 0 amide bonds. The maximum Gasteiger partial charge on any atom is 0.157 e. The summed E-state index contributed by atoms with van der Waals surface area (Å²) in [7, 11) is -2.14. The third-order valence-corrected chi connectivity index (χ3v) is 9.30. The van der Waals surface area contributed by atoms with Crippen molar-refractivity contribution in [2.24, 2.45) is 10.9 Å².